The zero-order valence-electron chi connectivity index (χ0n) is 18.6. The molecule has 0 N–H and O–H groups in total. The average molecular weight is 412 g/mol. The van der Waals surface area contributed by atoms with Gasteiger partial charge in [0.05, 0.1) is 6.10 Å². The SMILES string of the molecule is CCCc1ccc(C2CCC(COC3CCC(CC/C=C(\F)C#N)CC3)CC2)cc1. The van der Waals surface area contributed by atoms with E-state index in [1.807, 2.05) is 0 Å². The van der Waals surface area contributed by atoms with E-state index < -0.39 is 5.83 Å². The van der Waals surface area contributed by atoms with E-state index in [1.165, 1.54) is 68.6 Å². The van der Waals surface area contributed by atoms with Gasteiger partial charge in [-0.1, -0.05) is 37.6 Å². The van der Waals surface area contributed by atoms with Crippen LogP contribution >= 0.6 is 0 Å². The third-order valence-corrected chi connectivity index (χ3v) is 7.20. The maximum Gasteiger partial charge on any atom is 0.196 e. The molecule has 0 aliphatic heterocycles. The van der Waals surface area contributed by atoms with Crippen LogP contribution in [0.1, 0.15) is 94.6 Å². The number of allylic oxidation sites excluding steroid dienone is 2. The van der Waals surface area contributed by atoms with Crippen molar-refractivity contribution < 1.29 is 9.13 Å². The normalized spacial score (nSPS) is 27.6. The first-order valence-electron chi connectivity index (χ1n) is 12.1. The van der Waals surface area contributed by atoms with Crippen molar-refractivity contribution in [3.63, 3.8) is 0 Å². The van der Waals surface area contributed by atoms with Crippen LogP contribution in [0.4, 0.5) is 4.39 Å². The van der Waals surface area contributed by atoms with Crippen LogP contribution in [0.3, 0.4) is 0 Å². The molecule has 2 aliphatic carbocycles. The van der Waals surface area contributed by atoms with Crippen LogP contribution in [0.25, 0.3) is 0 Å². The topological polar surface area (TPSA) is 33.0 Å². The van der Waals surface area contributed by atoms with Crippen LogP contribution < -0.4 is 0 Å². The molecule has 2 nitrogen and oxygen atoms in total. The zero-order chi connectivity index (χ0) is 21.2. The van der Waals surface area contributed by atoms with Gasteiger partial charge >= 0.3 is 0 Å². The predicted molar refractivity (Wildman–Crippen MR) is 121 cm³/mol. The van der Waals surface area contributed by atoms with E-state index in [0.29, 0.717) is 18.4 Å². The number of halogens is 1. The van der Waals surface area contributed by atoms with Crippen LogP contribution in [0.2, 0.25) is 0 Å². The van der Waals surface area contributed by atoms with Crippen molar-refractivity contribution >= 4 is 0 Å². The highest BCUT2D eigenvalue weighted by Crippen LogP contribution is 2.37. The molecule has 1 aromatic carbocycles. The Kier molecular flexibility index (Phi) is 9.40. The van der Waals surface area contributed by atoms with Crippen molar-refractivity contribution in [2.45, 2.75) is 96.0 Å². The number of ether oxygens (including phenoxy) is 1. The molecule has 0 spiro atoms. The van der Waals surface area contributed by atoms with Gasteiger partial charge in [0.15, 0.2) is 5.83 Å². The van der Waals surface area contributed by atoms with Gasteiger partial charge in [0.25, 0.3) is 0 Å². The smallest absolute Gasteiger partial charge is 0.196 e. The summed E-state index contributed by atoms with van der Waals surface area (Å²) in [4.78, 5) is 0. The van der Waals surface area contributed by atoms with Crippen LogP contribution in [0, 0.1) is 23.2 Å². The van der Waals surface area contributed by atoms with Gasteiger partial charge in [-0.2, -0.15) is 9.65 Å². The predicted octanol–water partition coefficient (Wildman–Crippen LogP) is 7.65. The summed E-state index contributed by atoms with van der Waals surface area (Å²) < 4.78 is 19.2. The molecule has 0 heterocycles. The van der Waals surface area contributed by atoms with E-state index in [-0.39, 0.29) is 0 Å². The Morgan fingerprint density at radius 2 is 1.70 bits per heavy atom. The first-order valence-corrected chi connectivity index (χ1v) is 12.1. The lowest BCUT2D eigenvalue weighted by Crippen LogP contribution is -2.25. The molecule has 0 saturated heterocycles. The van der Waals surface area contributed by atoms with E-state index in [2.05, 4.69) is 31.2 Å². The minimum atomic E-state index is -0.643. The van der Waals surface area contributed by atoms with Crippen LogP contribution in [0.5, 0.6) is 0 Å². The third kappa shape index (κ3) is 7.24. The summed E-state index contributed by atoms with van der Waals surface area (Å²) in [6, 6.07) is 10.9. The fraction of sp³-hybridized carbons (Fsp3) is 0.667. The maximum atomic E-state index is 12.9. The van der Waals surface area contributed by atoms with Crippen molar-refractivity contribution in [3.8, 4) is 6.07 Å². The number of nitrogens with zero attached hydrogens (tertiary/aromatic N) is 1. The molecule has 0 radical (unpaired) electrons. The fourth-order valence-electron chi connectivity index (χ4n) is 5.26. The maximum absolute atomic E-state index is 12.9. The molecule has 0 unspecified atom stereocenters. The highest BCUT2D eigenvalue weighted by molar-refractivity contribution is 5.25. The Hall–Kier alpha value is -1.66. The molecule has 0 atom stereocenters. The molecule has 0 bridgehead atoms. The Morgan fingerprint density at radius 1 is 1.03 bits per heavy atom. The summed E-state index contributed by atoms with van der Waals surface area (Å²) in [5.74, 6) is 1.46. The number of rotatable bonds is 9. The minimum Gasteiger partial charge on any atom is -0.378 e. The van der Waals surface area contributed by atoms with Crippen LogP contribution in [-0.2, 0) is 11.2 Å². The first-order chi connectivity index (χ1) is 14.7. The lowest BCUT2D eigenvalue weighted by Gasteiger charge is -2.32. The van der Waals surface area contributed by atoms with E-state index in [0.717, 1.165) is 37.7 Å². The second kappa shape index (κ2) is 12.3. The zero-order valence-corrected chi connectivity index (χ0v) is 18.6. The molecule has 30 heavy (non-hydrogen) atoms. The molecule has 2 saturated carbocycles. The number of aryl methyl sites for hydroxylation is 1. The Labute approximate surface area is 182 Å². The van der Waals surface area contributed by atoms with E-state index >= 15 is 0 Å². The molecule has 164 valence electrons. The van der Waals surface area contributed by atoms with Gasteiger partial charge in [-0.25, -0.2) is 0 Å². The minimum absolute atomic E-state index is 0.413. The van der Waals surface area contributed by atoms with Gasteiger partial charge in [0, 0.05) is 6.61 Å². The Balaban J connectivity index is 1.30. The number of hydrogen-bond donors (Lipinski definition) is 0. The molecule has 0 aromatic heterocycles. The van der Waals surface area contributed by atoms with Crippen molar-refractivity contribution in [2.24, 2.45) is 11.8 Å². The molecule has 3 rings (SSSR count). The monoisotopic (exact) mass is 411 g/mol. The van der Waals surface area contributed by atoms with Gasteiger partial charge in [0.1, 0.15) is 6.07 Å². The van der Waals surface area contributed by atoms with Gasteiger partial charge in [-0.05, 0) is 106 Å². The summed E-state index contributed by atoms with van der Waals surface area (Å²) in [5.41, 5.74) is 2.99. The standard InChI is InChI=1S/C27H38FNO/c1-2-4-21-7-13-24(14-8-21)25-15-9-23(10-16-25)20-30-27-17-11-22(12-18-27)5-3-6-26(28)19-29/h6-8,13-14,22-23,25,27H,2-5,9-12,15-18,20H2,1H3/b26-6-. The largest absolute Gasteiger partial charge is 0.378 e. The van der Waals surface area contributed by atoms with E-state index in [1.54, 1.807) is 6.07 Å². The molecule has 1 aromatic rings. The van der Waals surface area contributed by atoms with Crippen molar-refractivity contribution in [2.75, 3.05) is 6.61 Å². The number of benzene rings is 1. The fourth-order valence-corrected chi connectivity index (χ4v) is 5.26. The summed E-state index contributed by atoms with van der Waals surface area (Å²) in [6.07, 6.45) is 15.7. The van der Waals surface area contributed by atoms with Gasteiger partial charge in [-0.15, -0.1) is 0 Å². The molecular formula is C27H38FNO. The van der Waals surface area contributed by atoms with Crippen LogP contribution in [-0.4, -0.2) is 12.7 Å². The summed E-state index contributed by atoms with van der Waals surface area (Å²) in [7, 11) is 0. The van der Waals surface area contributed by atoms with E-state index in [4.69, 9.17) is 10.00 Å². The van der Waals surface area contributed by atoms with E-state index in [9.17, 15) is 4.39 Å². The van der Waals surface area contributed by atoms with Crippen molar-refractivity contribution in [1.82, 2.24) is 0 Å². The van der Waals surface area contributed by atoms with Gasteiger partial charge in [0.2, 0.25) is 0 Å². The molecular weight excluding hydrogens is 373 g/mol. The number of nitriles is 1. The summed E-state index contributed by atoms with van der Waals surface area (Å²) in [5, 5.41) is 8.46. The van der Waals surface area contributed by atoms with Crippen LogP contribution in [0.15, 0.2) is 36.2 Å². The molecule has 0 amide bonds. The Bertz CT molecular complexity index is 689. The van der Waals surface area contributed by atoms with Crippen molar-refractivity contribution in [3.05, 3.63) is 47.3 Å². The average Bonchev–Trinajstić information content (AvgIpc) is 2.79. The molecule has 2 fully saturated rings. The van der Waals surface area contributed by atoms with Gasteiger partial charge < -0.3 is 4.74 Å². The third-order valence-electron chi connectivity index (χ3n) is 7.20. The van der Waals surface area contributed by atoms with Crippen molar-refractivity contribution in [1.29, 1.82) is 5.26 Å². The highest BCUT2D eigenvalue weighted by Gasteiger charge is 2.25. The Morgan fingerprint density at radius 3 is 2.33 bits per heavy atom. The second-order valence-electron chi connectivity index (χ2n) is 9.43. The highest BCUT2D eigenvalue weighted by atomic mass is 19.1. The molecule has 2 aliphatic rings. The summed E-state index contributed by atoms with van der Waals surface area (Å²) >= 11 is 0. The molecule has 3 heteroatoms. The lowest BCUT2D eigenvalue weighted by molar-refractivity contribution is -0.00824. The van der Waals surface area contributed by atoms with Gasteiger partial charge in [-0.3, -0.25) is 0 Å². The first kappa shape index (κ1) is 23.0. The summed E-state index contributed by atoms with van der Waals surface area (Å²) in [6.45, 7) is 3.16. The second-order valence-corrected chi connectivity index (χ2v) is 9.43. The quantitative estimate of drug-likeness (QED) is 0.391. The lowest BCUT2D eigenvalue weighted by atomic mass is 9.78. The number of hydrogen-bond acceptors (Lipinski definition) is 2.